The van der Waals surface area contributed by atoms with Crippen LogP contribution in [0.25, 0.3) is 21.8 Å². The molecule has 2 heteroatoms. The summed E-state index contributed by atoms with van der Waals surface area (Å²) in [4.78, 5) is 2.47. The zero-order chi connectivity index (χ0) is 18.5. The van der Waals surface area contributed by atoms with Crippen molar-refractivity contribution in [2.45, 2.75) is 13.1 Å². The molecule has 0 fully saturated rings. The van der Waals surface area contributed by atoms with Gasteiger partial charge in [-0.05, 0) is 35.4 Å². The first-order valence-electron chi connectivity index (χ1n) is 9.79. The second-order valence-electron chi connectivity index (χ2n) is 7.47. The maximum absolute atomic E-state index is 2.47. The highest BCUT2D eigenvalue weighted by Gasteiger charge is 2.23. The van der Waals surface area contributed by atoms with Gasteiger partial charge in [0.05, 0.1) is 11.0 Å². The lowest BCUT2D eigenvalue weighted by Crippen LogP contribution is -2.26. The molecule has 1 aliphatic rings. The largest absolute Gasteiger partial charge is 0.322 e. The number of hydrogen-bond donors (Lipinski definition) is 0. The molecule has 0 N–H and O–H groups in total. The van der Waals surface area contributed by atoms with Crippen molar-refractivity contribution in [3.63, 3.8) is 0 Å². The molecule has 0 unspecified atom stereocenters. The highest BCUT2D eigenvalue weighted by molar-refractivity contribution is 6.08. The average molecular weight is 360 g/mol. The van der Waals surface area contributed by atoms with Gasteiger partial charge >= 0.3 is 0 Å². The van der Waals surface area contributed by atoms with Crippen LogP contribution in [0.1, 0.15) is 11.1 Å². The van der Waals surface area contributed by atoms with Crippen molar-refractivity contribution >= 4 is 33.2 Å². The first-order chi connectivity index (χ1) is 13.9. The smallest absolute Gasteiger partial charge is 0.100 e. The molecule has 5 aromatic rings. The van der Waals surface area contributed by atoms with E-state index in [0.717, 1.165) is 13.1 Å². The molecule has 1 aliphatic heterocycles. The number of nitrogens with zero attached hydrogens (tertiary/aromatic N) is 2. The normalized spacial score (nSPS) is 12.9. The van der Waals surface area contributed by atoms with Crippen LogP contribution in [0.15, 0.2) is 97.1 Å². The third-order valence-electron chi connectivity index (χ3n) is 5.91. The van der Waals surface area contributed by atoms with Gasteiger partial charge in [-0.2, -0.15) is 0 Å². The van der Waals surface area contributed by atoms with Crippen molar-refractivity contribution in [1.82, 2.24) is 4.57 Å². The maximum Gasteiger partial charge on any atom is 0.100 e. The van der Waals surface area contributed by atoms with Crippen LogP contribution in [-0.2, 0) is 13.1 Å². The van der Waals surface area contributed by atoms with Crippen molar-refractivity contribution in [2.24, 2.45) is 0 Å². The molecule has 0 amide bonds. The zero-order valence-corrected chi connectivity index (χ0v) is 15.5. The summed E-state index contributed by atoms with van der Waals surface area (Å²) in [5.41, 5.74) is 7.96. The minimum Gasteiger partial charge on any atom is -0.322 e. The Balaban J connectivity index is 1.59. The van der Waals surface area contributed by atoms with Crippen LogP contribution in [0.5, 0.6) is 0 Å². The van der Waals surface area contributed by atoms with E-state index < -0.39 is 0 Å². The van der Waals surface area contributed by atoms with E-state index >= 15 is 0 Å². The first-order valence-corrected chi connectivity index (χ1v) is 9.79. The Morgan fingerprint density at radius 3 is 1.57 bits per heavy atom. The Labute approximate surface area is 164 Å². The second kappa shape index (κ2) is 6.00. The van der Waals surface area contributed by atoms with Crippen LogP contribution in [0, 0.1) is 0 Å². The minimum absolute atomic E-state index is 0.794. The Bertz CT molecular complexity index is 1230. The molecule has 0 aliphatic carbocycles. The van der Waals surface area contributed by atoms with Gasteiger partial charge in [-0.25, -0.2) is 0 Å². The Kier molecular flexibility index (Phi) is 3.33. The fourth-order valence-electron chi connectivity index (χ4n) is 4.63. The van der Waals surface area contributed by atoms with Crippen molar-refractivity contribution < 1.29 is 0 Å². The number of benzene rings is 4. The predicted octanol–water partition coefficient (Wildman–Crippen LogP) is 6.49. The van der Waals surface area contributed by atoms with E-state index in [0.29, 0.717) is 0 Å². The molecule has 0 bridgehead atoms. The van der Waals surface area contributed by atoms with E-state index in [1.54, 1.807) is 0 Å². The van der Waals surface area contributed by atoms with E-state index in [2.05, 4.69) is 107 Å². The van der Waals surface area contributed by atoms with E-state index in [-0.39, 0.29) is 0 Å². The molecule has 1 aromatic heterocycles. The molecule has 0 saturated heterocycles. The summed E-state index contributed by atoms with van der Waals surface area (Å²) in [6, 6.07) is 35.0. The monoisotopic (exact) mass is 360 g/mol. The number of fused-ring (bicyclic) bond motifs is 5. The molecule has 0 saturated carbocycles. The summed E-state index contributed by atoms with van der Waals surface area (Å²) in [5, 5.41) is 2.63. The van der Waals surface area contributed by atoms with Crippen LogP contribution in [-0.4, -0.2) is 4.57 Å². The predicted molar refractivity (Wildman–Crippen MR) is 117 cm³/mol. The highest BCUT2D eigenvalue weighted by atomic mass is 15.3. The Hall–Kier alpha value is -3.52. The lowest BCUT2D eigenvalue weighted by molar-refractivity contribution is 0.744. The molecule has 134 valence electrons. The van der Waals surface area contributed by atoms with Crippen LogP contribution in [0.3, 0.4) is 0 Å². The summed E-state index contributed by atoms with van der Waals surface area (Å²) < 4.78 is 2.45. The second-order valence-corrected chi connectivity index (χ2v) is 7.47. The van der Waals surface area contributed by atoms with Gasteiger partial charge in [0.15, 0.2) is 0 Å². The number of anilines is 2. The molecular weight excluding hydrogens is 340 g/mol. The van der Waals surface area contributed by atoms with Gasteiger partial charge < -0.3 is 9.47 Å². The van der Waals surface area contributed by atoms with E-state index in [9.17, 15) is 0 Å². The first kappa shape index (κ1) is 15.5. The topological polar surface area (TPSA) is 8.17 Å². The third kappa shape index (κ3) is 2.21. The third-order valence-corrected chi connectivity index (χ3v) is 5.91. The van der Waals surface area contributed by atoms with E-state index in [4.69, 9.17) is 0 Å². The van der Waals surface area contributed by atoms with Crippen molar-refractivity contribution in [2.75, 3.05) is 4.90 Å². The highest BCUT2D eigenvalue weighted by Crippen LogP contribution is 2.40. The Morgan fingerprint density at radius 2 is 1.00 bits per heavy atom. The Morgan fingerprint density at radius 1 is 0.536 bits per heavy atom. The molecule has 2 heterocycles. The molecule has 0 radical (unpaired) electrons. The van der Waals surface area contributed by atoms with E-state index in [1.165, 1.54) is 44.3 Å². The fourth-order valence-corrected chi connectivity index (χ4v) is 4.63. The fraction of sp³-hybridized carbons (Fsp3) is 0.0769. The van der Waals surface area contributed by atoms with Gasteiger partial charge in [0.1, 0.15) is 6.67 Å². The van der Waals surface area contributed by atoms with Gasteiger partial charge in [0.25, 0.3) is 0 Å². The molecule has 0 atom stereocenters. The molecule has 2 nitrogen and oxygen atoms in total. The van der Waals surface area contributed by atoms with Gasteiger partial charge in [0.2, 0.25) is 0 Å². The maximum atomic E-state index is 2.47. The van der Waals surface area contributed by atoms with E-state index in [1.807, 2.05) is 0 Å². The number of hydrogen-bond acceptors (Lipinski definition) is 1. The van der Waals surface area contributed by atoms with Crippen molar-refractivity contribution in [3.05, 3.63) is 108 Å². The van der Waals surface area contributed by atoms with Gasteiger partial charge in [-0.1, -0.05) is 72.8 Å². The summed E-state index contributed by atoms with van der Waals surface area (Å²) in [6.45, 7) is 0.794. The standard InChI is InChI=1S/C26H20N2/c1-5-13-23-19(9-1)17-20-10-2-6-14-24(20)27(23)18-28-25-15-7-3-11-21(25)22-12-4-8-16-26(22)28/h1-16H,17-18H2. The lowest BCUT2D eigenvalue weighted by atomic mass is 9.96. The van der Waals surface area contributed by atoms with Crippen molar-refractivity contribution in [1.29, 1.82) is 0 Å². The SMILES string of the molecule is c1ccc2c(c1)Cc1ccccc1N2Cn1c2ccccc2c2ccccc21. The molecular formula is C26H20N2. The molecule has 28 heavy (non-hydrogen) atoms. The molecule has 6 rings (SSSR count). The van der Waals surface area contributed by atoms with Crippen molar-refractivity contribution in [3.8, 4) is 0 Å². The quantitative estimate of drug-likeness (QED) is 0.349. The molecule has 0 spiro atoms. The lowest BCUT2D eigenvalue weighted by Gasteiger charge is -2.34. The summed E-state index contributed by atoms with van der Waals surface area (Å²) >= 11 is 0. The molecule has 4 aromatic carbocycles. The average Bonchev–Trinajstić information content (AvgIpc) is 3.07. The van der Waals surface area contributed by atoms with Gasteiger partial charge in [-0.15, -0.1) is 0 Å². The summed E-state index contributed by atoms with van der Waals surface area (Å²) in [6.07, 6.45) is 0.996. The van der Waals surface area contributed by atoms with Crippen LogP contribution < -0.4 is 4.90 Å². The summed E-state index contributed by atoms with van der Waals surface area (Å²) in [5.74, 6) is 0. The van der Waals surface area contributed by atoms with Gasteiger partial charge in [-0.3, -0.25) is 0 Å². The minimum atomic E-state index is 0.794. The number of para-hydroxylation sites is 4. The number of rotatable bonds is 2. The van der Waals surface area contributed by atoms with Crippen LogP contribution in [0.2, 0.25) is 0 Å². The zero-order valence-electron chi connectivity index (χ0n) is 15.5. The summed E-state index contributed by atoms with van der Waals surface area (Å²) in [7, 11) is 0. The number of aromatic nitrogens is 1. The van der Waals surface area contributed by atoms with Crippen LogP contribution >= 0.6 is 0 Å². The van der Waals surface area contributed by atoms with Gasteiger partial charge in [0, 0.05) is 28.6 Å². The van der Waals surface area contributed by atoms with Crippen LogP contribution in [0.4, 0.5) is 11.4 Å².